The van der Waals surface area contributed by atoms with Crippen LogP contribution in [0.2, 0.25) is 0 Å². The number of methoxy groups -OCH3 is 1. The van der Waals surface area contributed by atoms with Crippen LogP contribution in [0.5, 0.6) is 0 Å². The van der Waals surface area contributed by atoms with Gasteiger partial charge in [-0.25, -0.2) is 0 Å². The second kappa shape index (κ2) is 6.89. The average Bonchev–Trinajstić information content (AvgIpc) is 1.35. The van der Waals surface area contributed by atoms with Crippen molar-refractivity contribution >= 4 is 43.5 Å². The molecule has 0 rings (SSSR count). The van der Waals surface area contributed by atoms with Crippen molar-refractivity contribution in [2.45, 2.75) is 6.92 Å². The van der Waals surface area contributed by atoms with Gasteiger partial charge in [0.1, 0.15) is 6.61 Å². The summed E-state index contributed by atoms with van der Waals surface area (Å²) < 4.78 is 4.45. The van der Waals surface area contributed by atoms with Gasteiger partial charge in [0.2, 0.25) is 0 Å². The van der Waals surface area contributed by atoms with Crippen molar-refractivity contribution in [1.82, 2.24) is 0 Å². The number of hydrogen-bond donors (Lipinski definition) is 0. The zero-order valence-corrected chi connectivity index (χ0v) is 4.02. The predicted octanol–water partition coefficient (Wildman–Crippen LogP) is -0.694. The molecule has 0 atom stereocenters. The van der Waals surface area contributed by atoms with Gasteiger partial charge in [-0.15, -0.1) is 0 Å². The molecule has 0 aliphatic heterocycles. The minimum absolute atomic E-state index is 0. The third-order valence-corrected chi connectivity index (χ3v) is 0.348. The molecule has 0 bridgehead atoms. The monoisotopic (exact) mass is 130 g/mol. The molecule has 2 nitrogen and oxygen atoms in total. The third-order valence-electron chi connectivity index (χ3n) is 0.348. The fourth-order valence-electron chi connectivity index (χ4n) is 0.203. The molecule has 40 valence electrons. The summed E-state index contributed by atoms with van der Waals surface area (Å²) in [6, 6.07) is 0. The van der Waals surface area contributed by atoms with Gasteiger partial charge < -0.3 is 4.74 Å². The number of Topliss-reactive ketones (excluding diaryl/α,β-unsaturated/α-hetero) is 1. The topological polar surface area (TPSA) is 26.3 Å². The zero-order valence-electron chi connectivity index (χ0n) is 4.02. The molecule has 0 spiro atoms. The molecule has 0 radical (unpaired) electrons. The van der Waals surface area contributed by atoms with Crippen molar-refractivity contribution in [3.05, 3.63) is 0 Å². The molecule has 0 heterocycles. The molecule has 0 aliphatic carbocycles. The maximum absolute atomic E-state index is 9.92. The quantitative estimate of drug-likeness (QED) is 0.462. The Morgan fingerprint density at radius 1 is 1.71 bits per heavy atom. The molecule has 0 unspecified atom stereocenters. The van der Waals surface area contributed by atoms with Crippen LogP contribution in [0, 0.1) is 0 Å². The predicted molar refractivity (Wildman–Crippen MR) is 31.1 cm³/mol. The molecule has 0 aromatic heterocycles. The van der Waals surface area contributed by atoms with Crippen molar-refractivity contribution in [3.8, 4) is 0 Å². The summed E-state index contributed by atoms with van der Waals surface area (Å²) in [5, 5.41) is 0. The van der Waals surface area contributed by atoms with Crippen LogP contribution < -0.4 is 0 Å². The normalized spacial score (nSPS) is 7.14. The van der Waals surface area contributed by atoms with Crippen LogP contribution in [0.4, 0.5) is 0 Å². The van der Waals surface area contributed by atoms with E-state index >= 15 is 0 Å². The summed E-state index contributed by atoms with van der Waals surface area (Å²) in [7, 11) is 1.50. The maximum atomic E-state index is 9.92. The molecular weight excluding hydrogens is 120 g/mol. The van der Waals surface area contributed by atoms with Crippen molar-refractivity contribution in [3.63, 3.8) is 0 Å². The summed E-state index contributed by atoms with van der Waals surface area (Å²) in [6.45, 7) is 1.73. The van der Waals surface area contributed by atoms with Crippen LogP contribution in [0.3, 0.4) is 0 Å². The van der Waals surface area contributed by atoms with E-state index in [0.29, 0.717) is 0 Å². The molecule has 0 amide bonds. The standard InChI is InChI=1S/C4H8O2.Ca.2H/c1-4(5)3-6-2;;;/h3H2,1-2H3;;;. The Kier molecular flexibility index (Phi) is 10.6. The summed E-state index contributed by atoms with van der Waals surface area (Å²) >= 11 is 0. The summed E-state index contributed by atoms with van der Waals surface area (Å²) in [4.78, 5) is 9.92. The van der Waals surface area contributed by atoms with Gasteiger partial charge in [0, 0.05) is 7.11 Å². The number of ether oxygens (including phenoxy) is 1. The van der Waals surface area contributed by atoms with E-state index in [9.17, 15) is 4.79 Å². The Bertz CT molecular complexity index is 53.7. The Labute approximate surface area is 73.2 Å². The molecule has 0 saturated heterocycles. The van der Waals surface area contributed by atoms with Gasteiger partial charge in [-0.3, -0.25) is 4.79 Å². The van der Waals surface area contributed by atoms with Gasteiger partial charge in [-0.1, -0.05) is 0 Å². The number of rotatable bonds is 2. The van der Waals surface area contributed by atoms with Crippen LogP contribution in [0.1, 0.15) is 6.92 Å². The van der Waals surface area contributed by atoms with Gasteiger partial charge in [0.25, 0.3) is 0 Å². The number of carbonyl (C=O) groups is 1. The van der Waals surface area contributed by atoms with Gasteiger partial charge in [0.05, 0.1) is 0 Å². The van der Waals surface area contributed by atoms with E-state index in [-0.39, 0.29) is 50.1 Å². The SMILES string of the molecule is COCC(C)=O.[CaH2]. The molecule has 0 N–H and O–H groups in total. The Hall–Kier alpha value is 0.890. The zero-order chi connectivity index (χ0) is 4.99. The fourth-order valence-corrected chi connectivity index (χ4v) is 0.203. The second-order valence-electron chi connectivity index (χ2n) is 1.14. The summed E-state index contributed by atoms with van der Waals surface area (Å²) in [5.74, 6) is 0.0671. The first-order valence-electron chi connectivity index (χ1n) is 1.75. The van der Waals surface area contributed by atoms with Gasteiger partial charge in [-0.05, 0) is 6.92 Å². The first kappa shape index (κ1) is 10.8. The van der Waals surface area contributed by atoms with Gasteiger partial charge >= 0.3 is 37.7 Å². The second-order valence-corrected chi connectivity index (χ2v) is 1.14. The molecule has 0 aliphatic rings. The van der Waals surface area contributed by atoms with Crippen LogP contribution in [-0.4, -0.2) is 57.2 Å². The first-order chi connectivity index (χ1) is 2.77. The summed E-state index contributed by atoms with van der Waals surface area (Å²) in [6.07, 6.45) is 0. The average molecular weight is 130 g/mol. The van der Waals surface area contributed by atoms with E-state index in [1.807, 2.05) is 0 Å². The van der Waals surface area contributed by atoms with Crippen LogP contribution in [0.25, 0.3) is 0 Å². The van der Waals surface area contributed by atoms with Crippen LogP contribution in [-0.2, 0) is 9.53 Å². The van der Waals surface area contributed by atoms with E-state index in [2.05, 4.69) is 4.74 Å². The molecular formula is C4H10CaO2. The van der Waals surface area contributed by atoms with Gasteiger partial charge in [-0.2, -0.15) is 0 Å². The summed E-state index contributed by atoms with van der Waals surface area (Å²) in [5.41, 5.74) is 0. The molecule has 3 heteroatoms. The molecule has 0 aromatic carbocycles. The van der Waals surface area contributed by atoms with Crippen LogP contribution in [0.15, 0.2) is 0 Å². The third kappa shape index (κ3) is 10.9. The van der Waals surface area contributed by atoms with E-state index in [1.165, 1.54) is 14.0 Å². The Balaban J connectivity index is 0. The number of hydrogen-bond acceptors (Lipinski definition) is 2. The fraction of sp³-hybridized carbons (Fsp3) is 0.750. The van der Waals surface area contributed by atoms with Crippen molar-refractivity contribution in [2.75, 3.05) is 13.7 Å². The minimum atomic E-state index is 0. The molecule has 0 fully saturated rings. The Morgan fingerprint density at radius 2 is 2.14 bits per heavy atom. The molecule has 0 aromatic rings. The molecule has 0 saturated carbocycles. The first-order valence-corrected chi connectivity index (χ1v) is 1.75. The van der Waals surface area contributed by atoms with Crippen molar-refractivity contribution < 1.29 is 9.53 Å². The van der Waals surface area contributed by atoms with Gasteiger partial charge in [0.15, 0.2) is 5.78 Å². The van der Waals surface area contributed by atoms with E-state index in [0.717, 1.165) is 0 Å². The van der Waals surface area contributed by atoms with E-state index in [4.69, 9.17) is 0 Å². The number of ketones is 1. The Morgan fingerprint density at radius 3 is 2.14 bits per heavy atom. The van der Waals surface area contributed by atoms with Crippen molar-refractivity contribution in [1.29, 1.82) is 0 Å². The molecule has 7 heavy (non-hydrogen) atoms. The van der Waals surface area contributed by atoms with E-state index < -0.39 is 0 Å². The van der Waals surface area contributed by atoms with Crippen molar-refractivity contribution in [2.24, 2.45) is 0 Å². The number of carbonyl (C=O) groups excluding carboxylic acids is 1. The van der Waals surface area contributed by atoms with E-state index in [1.54, 1.807) is 0 Å². The van der Waals surface area contributed by atoms with Crippen LogP contribution >= 0.6 is 0 Å².